The average molecular weight is 551 g/mol. The molecule has 0 fully saturated rings. The number of nitrogens with zero attached hydrogens (tertiary/aromatic N) is 4. The van der Waals surface area contributed by atoms with Gasteiger partial charge in [0.1, 0.15) is 11.4 Å². The van der Waals surface area contributed by atoms with Crippen LogP contribution in [0.2, 0.25) is 0 Å². The number of amides is 2. The van der Waals surface area contributed by atoms with Gasteiger partial charge in [0, 0.05) is 25.0 Å². The Morgan fingerprint density at radius 2 is 1.63 bits per heavy atom. The van der Waals surface area contributed by atoms with E-state index >= 15 is 0 Å². The second-order valence-electron chi connectivity index (χ2n) is 10.9. The summed E-state index contributed by atoms with van der Waals surface area (Å²) in [4.78, 5) is 33.4. The number of aryl methyl sites for hydroxylation is 1. The quantitative estimate of drug-likeness (QED) is 0.282. The third-order valence-electron chi connectivity index (χ3n) is 7.80. The van der Waals surface area contributed by atoms with E-state index in [1.807, 2.05) is 87.9 Å². The summed E-state index contributed by atoms with van der Waals surface area (Å²) in [6, 6.07) is 25.7. The van der Waals surface area contributed by atoms with E-state index < -0.39 is 0 Å². The van der Waals surface area contributed by atoms with Crippen molar-refractivity contribution in [1.29, 1.82) is 0 Å². The highest BCUT2D eigenvalue weighted by Gasteiger charge is 2.29. The topological polar surface area (TPSA) is 58.0 Å². The van der Waals surface area contributed by atoms with Crippen molar-refractivity contribution in [2.75, 3.05) is 46.2 Å². The first-order valence-electron chi connectivity index (χ1n) is 14.0. The van der Waals surface area contributed by atoms with Crippen molar-refractivity contribution in [1.82, 2.24) is 14.4 Å². The lowest BCUT2D eigenvalue weighted by atomic mass is 9.98. The van der Waals surface area contributed by atoms with Gasteiger partial charge >= 0.3 is 0 Å². The molecule has 1 aliphatic heterocycles. The molecule has 7 heteroatoms. The molecule has 0 unspecified atom stereocenters. The van der Waals surface area contributed by atoms with Crippen LogP contribution < -0.4 is 9.64 Å². The van der Waals surface area contributed by atoms with E-state index in [0.29, 0.717) is 36.6 Å². The van der Waals surface area contributed by atoms with Crippen molar-refractivity contribution >= 4 is 17.5 Å². The van der Waals surface area contributed by atoms with Crippen LogP contribution in [-0.4, -0.2) is 67.5 Å². The van der Waals surface area contributed by atoms with Gasteiger partial charge < -0.3 is 24.0 Å². The smallest absolute Gasteiger partial charge is 0.270 e. The highest BCUT2D eigenvalue weighted by Crippen LogP contribution is 2.34. The van der Waals surface area contributed by atoms with Crippen LogP contribution in [0, 0.1) is 6.92 Å². The summed E-state index contributed by atoms with van der Waals surface area (Å²) in [6.45, 7) is 4.53. The molecule has 0 spiro atoms. The van der Waals surface area contributed by atoms with Gasteiger partial charge in [0.25, 0.3) is 11.8 Å². The summed E-state index contributed by atoms with van der Waals surface area (Å²) < 4.78 is 7.80. The summed E-state index contributed by atoms with van der Waals surface area (Å²) in [5.41, 5.74) is 7.12. The maximum Gasteiger partial charge on any atom is 0.270 e. The summed E-state index contributed by atoms with van der Waals surface area (Å²) in [7, 11) is 7.52. The van der Waals surface area contributed by atoms with Crippen LogP contribution >= 0.6 is 0 Å². The van der Waals surface area contributed by atoms with Crippen LogP contribution in [0.1, 0.15) is 44.1 Å². The number of methoxy groups -OCH3 is 1. The summed E-state index contributed by atoms with van der Waals surface area (Å²) in [5, 5.41) is 0. The fraction of sp³-hybridized carbons (Fsp3) is 0.294. The number of aromatic nitrogens is 1. The molecule has 1 aliphatic rings. The highest BCUT2D eigenvalue weighted by atomic mass is 16.5. The van der Waals surface area contributed by atoms with E-state index in [2.05, 4.69) is 28.5 Å². The highest BCUT2D eigenvalue weighted by molar-refractivity contribution is 6.08. The predicted molar refractivity (Wildman–Crippen MR) is 164 cm³/mol. The maximum absolute atomic E-state index is 14.2. The van der Waals surface area contributed by atoms with Gasteiger partial charge in [0.2, 0.25) is 0 Å². The van der Waals surface area contributed by atoms with Gasteiger partial charge in [-0.3, -0.25) is 9.59 Å². The number of para-hydroxylation sites is 1. The Kier molecular flexibility index (Phi) is 8.26. The first-order valence-corrected chi connectivity index (χ1v) is 14.0. The number of hydrogen-bond acceptors (Lipinski definition) is 4. The molecule has 2 amide bonds. The molecule has 4 aromatic rings. The van der Waals surface area contributed by atoms with Gasteiger partial charge in [-0.2, -0.15) is 0 Å². The minimum atomic E-state index is -0.144. The lowest BCUT2D eigenvalue weighted by Crippen LogP contribution is -2.32. The van der Waals surface area contributed by atoms with Crippen molar-refractivity contribution in [2.24, 2.45) is 0 Å². The standard InChI is InChI=1S/C34H38N4O3/c1-24-11-6-8-13-28(24)25-15-17-29(32(21-25)41-5)33(39)38-23-27-16-18-31(34(40)36(4)20-10-19-35(2)3)37(27)22-26-12-7-9-14-30(26)38/h6-9,11-18,21H,10,19-20,22-23H2,1-5H3. The lowest BCUT2D eigenvalue weighted by molar-refractivity contribution is 0.0780. The molecule has 0 saturated carbocycles. The molecule has 7 nitrogen and oxygen atoms in total. The van der Waals surface area contributed by atoms with E-state index in [-0.39, 0.29) is 11.8 Å². The number of carbonyl (C=O) groups is 2. The Morgan fingerprint density at radius 3 is 2.39 bits per heavy atom. The number of anilines is 1. The third kappa shape index (κ3) is 5.77. The van der Waals surface area contributed by atoms with Gasteiger partial charge in [-0.15, -0.1) is 0 Å². The van der Waals surface area contributed by atoms with E-state index in [1.54, 1.807) is 16.9 Å². The number of carbonyl (C=O) groups excluding carboxylic acids is 2. The summed E-state index contributed by atoms with van der Waals surface area (Å²) >= 11 is 0. The van der Waals surface area contributed by atoms with Gasteiger partial charge in [-0.25, -0.2) is 0 Å². The van der Waals surface area contributed by atoms with Crippen LogP contribution in [0.25, 0.3) is 11.1 Å². The van der Waals surface area contributed by atoms with Crippen molar-refractivity contribution in [2.45, 2.75) is 26.4 Å². The fourth-order valence-electron chi connectivity index (χ4n) is 5.53. The van der Waals surface area contributed by atoms with Crippen LogP contribution in [0.3, 0.4) is 0 Å². The van der Waals surface area contributed by atoms with Crippen molar-refractivity contribution in [3.05, 3.63) is 107 Å². The van der Waals surface area contributed by atoms with Crippen LogP contribution in [0.15, 0.2) is 78.9 Å². The van der Waals surface area contributed by atoms with Crippen molar-refractivity contribution in [3.8, 4) is 16.9 Å². The number of rotatable bonds is 8. The normalized spacial score (nSPS) is 12.5. The van der Waals surface area contributed by atoms with Gasteiger partial charge in [-0.1, -0.05) is 48.5 Å². The number of ether oxygens (including phenoxy) is 1. The number of benzene rings is 3. The zero-order chi connectivity index (χ0) is 29.1. The molecule has 3 aromatic carbocycles. The zero-order valence-electron chi connectivity index (χ0n) is 24.6. The van der Waals surface area contributed by atoms with Gasteiger partial charge in [0.05, 0.1) is 25.8 Å². The molecular weight excluding hydrogens is 512 g/mol. The molecule has 5 rings (SSSR count). The number of fused-ring (bicyclic) bond motifs is 2. The monoisotopic (exact) mass is 550 g/mol. The molecule has 0 N–H and O–H groups in total. The average Bonchev–Trinajstić information content (AvgIpc) is 3.28. The molecule has 212 valence electrons. The van der Waals surface area contributed by atoms with E-state index in [4.69, 9.17) is 4.74 Å². The third-order valence-corrected chi connectivity index (χ3v) is 7.80. The molecule has 0 radical (unpaired) electrons. The fourth-order valence-corrected chi connectivity index (χ4v) is 5.53. The molecular formula is C34H38N4O3. The number of hydrogen-bond donors (Lipinski definition) is 0. The second-order valence-corrected chi connectivity index (χ2v) is 10.9. The molecule has 0 saturated heterocycles. The Morgan fingerprint density at radius 1 is 0.878 bits per heavy atom. The lowest BCUT2D eigenvalue weighted by Gasteiger charge is -2.24. The largest absolute Gasteiger partial charge is 0.496 e. The maximum atomic E-state index is 14.2. The Balaban J connectivity index is 1.48. The Labute approximate surface area is 242 Å². The minimum absolute atomic E-state index is 0.0132. The SMILES string of the molecule is COc1cc(-c2ccccc2C)ccc1C(=O)N1Cc2ccc(C(=O)N(C)CCCN(C)C)n2Cc2ccccc21. The second kappa shape index (κ2) is 12.0. The van der Waals surface area contributed by atoms with E-state index in [0.717, 1.165) is 46.6 Å². The molecule has 0 atom stereocenters. The van der Waals surface area contributed by atoms with Crippen molar-refractivity contribution < 1.29 is 14.3 Å². The molecule has 41 heavy (non-hydrogen) atoms. The Hall–Kier alpha value is -4.36. The Bertz CT molecular complexity index is 1570. The first kappa shape index (κ1) is 28.2. The van der Waals surface area contributed by atoms with E-state index in [9.17, 15) is 9.59 Å². The van der Waals surface area contributed by atoms with E-state index in [1.165, 1.54) is 0 Å². The molecule has 0 aliphatic carbocycles. The minimum Gasteiger partial charge on any atom is -0.496 e. The van der Waals surface area contributed by atoms with Crippen molar-refractivity contribution in [3.63, 3.8) is 0 Å². The van der Waals surface area contributed by atoms with Crippen LogP contribution in [-0.2, 0) is 13.1 Å². The van der Waals surface area contributed by atoms with Gasteiger partial charge in [-0.05, 0) is 86.6 Å². The van der Waals surface area contributed by atoms with Crippen LogP contribution in [0.4, 0.5) is 5.69 Å². The summed E-state index contributed by atoms with van der Waals surface area (Å²) in [6.07, 6.45) is 0.901. The zero-order valence-corrected chi connectivity index (χ0v) is 24.6. The van der Waals surface area contributed by atoms with Crippen LogP contribution in [0.5, 0.6) is 5.75 Å². The predicted octanol–water partition coefficient (Wildman–Crippen LogP) is 5.70. The van der Waals surface area contributed by atoms with Gasteiger partial charge in [0.15, 0.2) is 0 Å². The molecule has 2 heterocycles. The molecule has 1 aromatic heterocycles. The first-order chi connectivity index (χ1) is 19.8. The summed E-state index contributed by atoms with van der Waals surface area (Å²) in [5.74, 6) is 0.373. The molecule has 0 bridgehead atoms.